The number of ether oxygens (including phenoxy) is 4. The molecule has 59 heavy (non-hydrogen) atoms. The van der Waals surface area contributed by atoms with Gasteiger partial charge in [0.2, 0.25) is 5.91 Å². The van der Waals surface area contributed by atoms with Gasteiger partial charge >= 0.3 is 5.97 Å². The van der Waals surface area contributed by atoms with Gasteiger partial charge in [0, 0.05) is 57.1 Å². The lowest BCUT2D eigenvalue weighted by molar-refractivity contribution is -0.144. The van der Waals surface area contributed by atoms with Gasteiger partial charge in [0.05, 0.1) is 51.3 Å². The van der Waals surface area contributed by atoms with Gasteiger partial charge < -0.3 is 40.1 Å². The van der Waals surface area contributed by atoms with E-state index in [1.165, 1.54) is 89.8 Å². The summed E-state index contributed by atoms with van der Waals surface area (Å²) in [6, 6.07) is -0.789. The molecule has 0 aliphatic carbocycles. The van der Waals surface area contributed by atoms with Gasteiger partial charge in [0.25, 0.3) is 0 Å². The lowest BCUT2D eigenvalue weighted by atomic mass is 9.92. The smallest absolute Gasteiger partial charge is 0.306 e. The number of aromatic amines is 1. The Labute approximate surface area is 354 Å². The summed E-state index contributed by atoms with van der Waals surface area (Å²) in [5, 5.41) is 12.2. The molecule has 1 aromatic rings. The van der Waals surface area contributed by atoms with Crippen LogP contribution in [0.1, 0.15) is 167 Å². The number of carbonyl (C=O) groups is 5. The minimum absolute atomic E-state index is 0.0284. The summed E-state index contributed by atoms with van der Waals surface area (Å²) in [6.45, 7) is 4.47. The van der Waals surface area contributed by atoms with E-state index in [9.17, 15) is 29.1 Å². The molecule has 5 N–H and O–H groups in total. The number of ketones is 3. The minimum atomic E-state index is -1.02. The SMILES string of the molecule is CCCCCCCCCCCCCCCCCC(=O)CCCOCCOCC(=O)NCCOCCOCC(=O)CCCCC[C@H](CC(=O)[C@@H](N)Cc1cnc[nH]1)C(=O)O. The van der Waals surface area contributed by atoms with Gasteiger partial charge in [-0.3, -0.25) is 24.0 Å². The van der Waals surface area contributed by atoms with Gasteiger partial charge in [-0.1, -0.05) is 110 Å². The number of H-pyrrole nitrogens is 1. The fourth-order valence-corrected chi connectivity index (χ4v) is 6.71. The second kappa shape index (κ2) is 39.1. The third-order valence-corrected chi connectivity index (χ3v) is 10.3. The quantitative estimate of drug-likeness (QED) is 0.0479. The number of rotatable bonds is 45. The second-order valence-corrected chi connectivity index (χ2v) is 15.8. The molecule has 0 saturated carbocycles. The maximum atomic E-state index is 12.4. The Kier molecular flexibility index (Phi) is 35.8. The summed E-state index contributed by atoms with van der Waals surface area (Å²) in [7, 11) is 0. The van der Waals surface area contributed by atoms with E-state index in [-0.39, 0.29) is 56.7 Å². The number of nitrogens with two attached hydrogens (primary N) is 1. The monoisotopic (exact) mass is 837 g/mol. The molecular weight excluding hydrogens is 757 g/mol. The standard InChI is InChI=1S/C45H80N4O10/c1-2-3-4-5-6-7-8-9-10-11-12-13-14-15-18-22-40(50)24-20-26-56-28-31-59-36-44(53)48-25-27-57-29-30-58-35-41(51)23-19-16-17-21-38(45(54)55)32-43(52)42(46)33-39-34-47-37-49-39/h34,37-38,42H,2-33,35-36,46H2,1H3,(H,47,49)(H,48,53)(H,54,55)/t38-,42+/m1/s1. The van der Waals surface area contributed by atoms with E-state index >= 15 is 0 Å². The Morgan fingerprint density at radius 2 is 1.19 bits per heavy atom. The Morgan fingerprint density at radius 3 is 1.78 bits per heavy atom. The fourth-order valence-electron chi connectivity index (χ4n) is 6.71. The normalized spacial score (nSPS) is 12.4. The lowest BCUT2D eigenvalue weighted by Gasteiger charge is -2.15. The first-order chi connectivity index (χ1) is 28.7. The van der Waals surface area contributed by atoms with E-state index in [0.717, 1.165) is 18.5 Å². The molecule has 14 heteroatoms. The molecule has 0 spiro atoms. The van der Waals surface area contributed by atoms with E-state index in [2.05, 4.69) is 22.2 Å². The number of amides is 1. The summed E-state index contributed by atoms with van der Waals surface area (Å²) in [6.07, 6.45) is 27.5. The molecule has 0 bridgehead atoms. The first kappa shape index (κ1) is 54.0. The number of carboxylic acid groups (broad SMARTS) is 1. The van der Waals surface area contributed by atoms with Crippen molar-refractivity contribution < 1.29 is 48.0 Å². The largest absolute Gasteiger partial charge is 0.481 e. The molecule has 1 rings (SSSR count). The van der Waals surface area contributed by atoms with Crippen LogP contribution in [0.2, 0.25) is 0 Å². The van der Waals surface area contributed by atoms with Crippen molar-refractivity contribution in [3.63, 3.8) is 0 Å². The minimum Gasteiger partial charge on any atom is -0.481 e. The number of carboxylic acids is 1. The first-order valence-electron chi connectivity index (χ1n) is 22.8. The highest BCUT2D eigenvalue weighted by Gasteiger charge is 2.24. The molecule has 340 valence electrons. The highest BCUT2D eigenvalue weighted by molar-refractivity contribution is 5.87. The van der Waals surface area contributed by atoms with Gasteiger partial charge in [0.1, 0.15) is 19.0 Å². The van der Waals surface area contributed by atoms with Gasteiger partial charge in [-0.05, 0) is 25.7 Å². The molecule has 0 aliphatic rings. The Hall–Kier alpha value is -3.04. The van der Waals surface area contributed by atoms with E-state index < -0.39 is 17.9 Å². The first-order valence-corrected chi connectivity index (χ1v) is 22.8. The zero-order valence-electron chi connectivity index (χ0n) is 36.5. The van der Waals surface area contributed by atoms with Gasteiger partial charge in [-0.2, -0.15) is 0 Å². The van der Waals surface area contributed by atoms with Crippen molar-refractivity contribution in [2.45, 2.75) is 173 Å². The third kappa shape index (κ3) is 34.4. The number of nitrogens with one attached hydrogen (secondary N) is 2. The summed E-state index contributed by atoms with van der Waals surface area (Å²) in [5.41, 5.74) is 6.67. The molecule has 14 nitrogen and oxygen atoms in total. The predicted molar refractivity (Wildman–Crippen MR) is 229 cm³/mol. The number of Topliss-reactive ketones (excluding diaryl/α,β-unsaturated/α-hetero) is 3. The molecule has 0 aliphatic heterocycles. The van der Waals surface area contributed by atoms with Crippen LogP contribution in [0.4, 0.5) is 0 Å². The topological polar surface area (TPSA) is 209 Å². The number of carbonyl (C=O) groups excluding carboxylic acids is 4. The predicted octanol–water partition coefficient (Wildman–Crippen LogP) is 7.25. The molecular formula is C45H80N4O10. The van der Waals surface area contributed by atoms with Crippen LogP contribution < -0.4 is 11.1 Å². The van der Waals surface area contributed by atoms with Crippen LogP contribution in [0, 0.1) is 5.92 Å². The Morgan fingerprint density at radius 1 is 0.661 bits per heavy atom. The summed E-state index contributed by atoms with van der Waals surface area (Å²) < 4.78 is 21.7. The second-order valence-electron chi connectivity index (χ2n) is 15.8. The average molecular weight is 837 g/mol. The van der Waals surface area contributed by atoms with E-state index in [1.54, 1.807) is 6.20 Å². The molecule has 0 aromatic carbocycles. The van der Waals surface area contributed by atoms with Crippen LogP contribution in [0.25, 0.3) is 0 Å². The third-order valence-electron chi connectivity index (χ3n) is 10.3. The van der Waals surface area contributed by atoms with Crippen LogP contribution in [0.3, 0.4) is 0 Å². The highest BCUT2D eigenvalue weighted by atomic mass is 16.5. The number of nitrogens with zero attached hydrogens (tertiary/aromatic N) is 1. The summed E-state index contributed by atoms with van der Waals surface area (Å²) >= 11 is 0. The molecule has 1 aromatic heterocycles. The van der Waals surface area contributed by atoms with Crippen LogP contribution in [0.5, 0.6) is 0 Å². The maximum Gasteiger partial charge on any atom is 0.306 e. The highest BCUT2D eigenvalue weighted by Crippen LogP contribution is 2.18. The number of imidazole rings is 1. The van der Waals surface area contributed by atoms with Gasteiger partial charge in [-0.25, -0.2) is 4.98 Å². The molecule has 1 heterocycles. The molecule has 0 fully saturated rings. The van der Waals surface area contributed by atoms with Crippen LogP contribution in [-0.4, -0.2) is 110 Å². The van der Waals surface area contributed by atoms with Crippen LogP contribution >= 0.6 is 0 Å². The Bertz CT molecular complexity index is 1200. The van der Waals surface area contributed by atoms with Crippen molar-refractivity contribution in [3.8, 4) is 0 Å². The number of aromatic nitrogens is 2. The van der Waals surface area contributed by atoms with Crippen LogP contribution in [0.15, 0.2) is 12.5 Å². The van der Waals surface area contributed by atoms with Gasteiger partial charge in [0.15, 0.2) is 11.6 Å². The molecule has 0 radical (unpaired) electrons. The molecule has 0 saturated heterocycles. The summed E-state index contributed by atoms with van der Waals surface area (Å²) in [4.78, 5) is 67.0. The van der Waals surface area contributed by atoms with Crippen molar-refractivity contribution in [1.29, 1.82) is 0 Å². The maximum absolute atomic E-state index is 12.4. The zero-order valence-corrected chi connectivity index (χ0v) is 36.5. The Balaban J connectivity index is 1.83. The van der Waals surface area contributed by atoms with Crippen molar-refractivity contribution in [3.05, 3.63) is 18.2 Å². The zero-order chi connectivity index (χ0) is 43.0. The van der Waals surface area contributed by atoms with Crippen molar-refractivity contribution >= 4 is 29.2 Å². The number of unbranched alkanes of at least 4 members (excludes halogenated alkanes) is 16. The molecule has 2 atom stereocenters. The van der Waals surface area contributed by atoms with Crippen molar-refractivity contribution in [2.75, 3.05) is 59.4 Å². The van der Waals surface area contributed by atoms with Crippen molar-refractivity contribution in [1.82, 2.24) is 15.3 Å². The van der Waals surface area contributed by atoms with E-state index in [1.807, 2.05) is 0 Å². The molecule has 0 unspecified atom stereocenters. The number of hydrogen-bond donors (Lipinski definition) is 4. The fraction of sp³-hybridized carbons (Fsp3) is 0.822. The number of hydrogen-bond acceptors (Lipinski definition) is 11. The van der Waals surface area contributed by atoms with Gasteiger partial charge in [-0.15, -0.1) is 0 Å². The van der Waals surface area contributed by atoms with E-state index in [4.69, 9.17) is 24.7 Å². The lowest BCUT2D eigenvalue weighted by Crippen LogP contribution is -2.35. The average Bonchev–Trinajstić information content (AvgIpc) is 3.73. The van der Waals surface area contributed by atoms with Crippen molar-refractivity contribution in [2.24, 2.45) is 11.7 Å². The summed E-state index contributed by atoms with van der Waals surface area (Å²) in [5.74, 6) is -2.12. The van der Waals surface area contributed by atoms with Crippen LogP contribution in [-0.2, 0) is 49.3 Å². The van der Waals surface area contributed by atoms with E-state index in [0.29, 0.717) is 90.1 Å². The molecule has 1 amide bonds. The number of aliphatic carboxylic acids is 1.